The summed E-state index contributed by atoms with van der Waals surface area (Å²) in [4.78, 5) is 32.3. The summed E-state index contributed by atoms with van der Waals surface area (Å²) in [5.41, 5.74) is 1.19. The Kier molecular flexibility index (Phi) is 6.30. The molecule has 0 aromatic heterocycles. The van der Waals surface area contributed by atoms with E-state index in [0.717, 1.165) is 58.4 Å². The average Bonchev–Trinajstić information content (AvgIpc) is 2.94. The Labute approximate surface area is 168 Å². The van der Waals surface area contributed by atoms with E-state index >= 15 is 0 Å². The first-order valence-electron chi connectivity index (χ1n) is 11.1. The van der Waals surface area contributed by atoms with Crippen LogP contribution in [-0.4, -0.2) is 65.3 Å². The molecule has 0 unspecified atom stereocenters. The summed E-state index contributed by atoms with van der Waals surface area (Å²) in [6.45, 7) is 4.91. The first-order valence-corrected chi connectivity index (χ1v) is 11.1. The van der Waals surface area contributed by atoms with Crippen LogP contribution in [0.5, 0.6) is 0 Å². The molecule has 0 spiro atoms. The topological polar surface area (TPSA) is 43.9 Å². The van der Waals surface area contributed by atoms with E-state index in [1.54, 1.807) is 0 Å². The normalized spacial score (nSPS) is 25.1. The maximum absolute atomic E-state index is 13.0. The lowest BCUT2D eigenvalue weighted by Gasteiger charge is -2.29. The van der Waals surface area contributed by atoms with Gasteiger partial charge in [-0.2, -0.15) is 0 Å². The van der Waals surface area contributed by atoms with Gasteiger partial charge in [0.15, 0.2) is 0 Å². The zero-order chi connectivity index (χ0) is 19.3. The van der Waals surface area contributed by atoms with Crippen molar-refractivity contribution in [1.82, 2.24) is 14.7 Å². The van der Waals surface area contributed by atoms with Gasteiger partial charge < -0.3 is 9.80 Å². The molecule has 5 nitrogen and oxygen atoms in total. The number of carbonyl (C=O) groups is 2. The van der Waals surface area contributed by atoms with Crippen LogP contribution in [-0.2, 0) is 16.1 Å². The second-order valence-electron chi connectivity index (χ2n) is 8.60. The van der Waals surface area contributed by atoms with Crippen molar-refractivity contribution in [1.29, 1.82) is 0 Å². The van der Waals surface area contributed by atoms with Gasteiger partial charge in [0, 0.05) is 45.2 Å². The summed E-state index contributed by atoms with van der Waals surface area (Å²) >= 11 is 0. The van der Waals surface area contributed by atoms with Crippen LogP contribution in [0.25, 0.3) is 0 Å². The Morgan fingerprint density at radius 2 is 1.64 bits per heavy atom. The molecule has 5 heteroatoms. The first-order chi connectivity index (χ1) is 13.7. The molecule has 3 aliphatic rings. The van der Waals surface area contributed by atoms with Crippen LogP contribution in [0.3, 0.4) is 0 Å². The summed E-state index contributed by atoms with van der Waals surface area (Å²) in [6, 6.07) is 10.2. The minimum Gasteiger partial charge on any atom is -0.341 e. The molecule has 28 heavy (non-hydrogen) atoms. The van der Waals surface area contributed by atoms with Crippen molar-refractivity contribution in [2.75, 3.05) is 32.7 Å². The van der Waals surface area contributed by atoms with Gasteiger partial charge in [-0.25, -0.2) is 0 Å². The zero-order valence-corrected chi connectivity index (χ0v) is 16.9. The van der Waals surface area contributed by atoms with Crippen LogP contribution in [0.15, 0.2) is 30.3 Å². The highest BCUT2D eigenvalue weighted by Gasteiger charge is 2.37. The summed E-state index contributed by atoms with van der Waals surface area (Å²) < 4.78 is 0. The van der Waals surface area contributed by atoms with Gasteiger partial charge in [-0.05, 0) is 31.2 Å². The van der Waals surface area contributed by atoms with E-state index in [4.69, 9.17) is 0 Å². The van der Waals surface area contributed by atoms with Gasteiger partial charge in [-0.3, -0.25) is 14.5 Å². The quantitative estimate of drug-likeness (QED) is 0.803. The molecule has 3 fully saturated rings. The van der Waals surface area contributed by atoms with E-state index in [2.05, 4.69) is 21.9 Å². The second-order valence-corrected chi connectivity index (χ2v) is 8.60. The van der Waals surface area contributed by atoms with Crippen molar-refractivity contribution in [2.45, 2.75) is 57.5 Å². The summed E-state index contributed by atoms with van der Waals surface area (Å²) in [6.07, 6.45) is 7.68. The van der Waals surface area contributed by atoms with Gasteiger partial charge >= 0.3 is 0 Å². The minimum absolute atomic E-state index is 0.00607. The van der Waals surface area contributed by atoms with E-state index in [1.165, 1.54) is 24.8 Å². The SMILES string of the molecule is O=C(C1CCCCC1)N1CCCN([C@@H]2CCN(Cc3ccccc3)C2=O)CC1. The van der Waals surface area contributed by atoms with Gasteiger partial charge in [0.2, 0.25) is 11.8 Å². The molecule has 4 rings (SSSR count). The minimum atomic E-state index is -0.00607. The van der Waals surface area contributed by atoms with Crippen LogP contribution in [0, 0.1) is 5.92 Å². The molecule has 2 amide bonds. The monoisotopic (exact) mass is 383 g/mol. The molecule has 1 aromatic rings. The lowest BCUT2D eigenvalue weighted by molar-refractivity contribution is -0.136. The van der Waals surface area contributed by atoms with Crippen LogP contribution in [0.4, 0.5) is 0 Å². The molecular formula is C23H33N3O2. The third kappa shape index (κ3) is 4.40. The lowest BCUT2D eigenvalue weighted by Crippen LogP contribution is -2.44. The Balaban J connectivity index is 1.31. The third-order valence-electron chi connectivity index (χ3n) is 6.72. The van der Waals surface area contributed by atoms with Gasteiger partial charge in [0.25, 0.3) is 0 Å². The average molecular weight is 384 g/mol. The van der Waals surface area contributed by atoms with E-state index < -0.39 is 0 Å². The van der Waals surface area contributed by atoms with Crippen molar-refractivity contribution < 1.29 is 9.59 Å². The molecule has 1 saturated carbocycles. The number of hydrogen-bond acceptors (Lipinski definition) is 3. The van der Waals surface area contributed by atoms with Crippen molar-refractivity contribution in [3.63, 3.8) is 0 Å². The Morgan fingerprint density at radius 3 is 2.43 bits per heavy atom. The fourth-order valence-electron chi connectivity index (χ4n) is 5.10. The number of amides is 2. The molecular weight excluding hydrogens is 350 g/mol. The molecule has 152 valence electrons. The molecule has 2 heterocycles. The summed E-state index contributed by atoms with van der Waals surface area (Å²) in [5.74, 6) is 0.871. The third-order valence-corrected chi connectivity index (χ3v) is 6.72. The number of rotatable bonds is 4. The Bertz CT molecular complexity index is 672. The van der Waals surface area contributed by atoms with E-state index in [9.17, 15) is 9.59 Å². The Hall–Kier alpha value is -1.88. The molecule has 2 saturated heterocycles. The highest BCUT2D eigenvalue weighted by Crippen LogP contribution is 2.26. The van der Waals surface area contributed by atoms with E-state index in [-0.39, 0.29) is 17.9 Å². The van der Waals surface area contributed by atoms with Crippen molar-refractivity contribution in [3.05, 3.63) is 35.9 Å². The van der Waals surface area contributed by atoms with E-state index in [1.807, 2.05) is 23.1 Å². The molecule has 0 N–H and O–H groups in total. The standard InChI is InChI=1S/C23H33N3O2/c27-22(20-10-5-2-6-11-20)25-14-7-13-24(16-17-25)21-12-15-26(23(21)28)18-19-8-3-1-4-9-19/h1,3-4,8-9,20-21H,2,5-7,10-18H2/t21-/m1/s1. The maximum Gasteiger partial charge on any atom is 0.240 e. The first kappa shape index (κ1) is 19.4. The number of nitrogens with zero attached hydrogens (tertiary/aromatic N) is 3. The number of carbonyl (C=O) groups excluding carboxylic acids is 2. The smallest absolute Gasteiger partial charge is 0.240 e. The number of likely N-dealkylation sites (tertiary alicyclic amines) is 1. The van der Waals surface area contributed by atoms with Gasteiger partial charge in [-0.15, -0.1) is 0 Å². The summed E-state index contributed by atoms with van der Waals surface area (Å²) in [5, 5.41) is 0. The predicted octanol–water partition coefficient (Wildman–Crippen LogP) is 2.90. The fraction of sp³-hybridized carbons (Fsp3) is 0.652. The van der Waals surface area contributed by atoms with Crippen molar-refractivity contribution in [2.24, 2.45) is 5.92 Å². The molecule has 1 atom stereocenters. The molecule has 0 radical (unpaired) electrons. The van der Waals surface area contributed by atoms with Crippen LogP contribution >= 0.6 is 0 Å². The van der Waals surface area contributed by atoms with Gasteiger partial charge in [-0.1, -0.05) is 49.6 Å². The molecule has 1 aliphatic carbocycles. The van der Waals surface area contributed by atoms with Gasteiger partial charge in [0.05, 0.1) is 6.04 Å². The molecule has 1 aromatic carbocycles. The highest BCUT2D eigenvalue weighted by molar-refractivity contribution is 5.84. The Morgan fingerprint density at radius 1 is 0.857 bits per heavy atom. The molecule has 2 aliphatic heterocycles. The maximum atomic E-state index is 13.0. The predicted molar refractivity (Wildman–Crippen MR) is 110 cm³/mol. The van der Waals surface area contributed by atoms with Crippen LogP contribution in [0.1, 0.15) is 50.5 Å². The zero-order valence-electron chi connectivity index (χ0n) is 16.9. The van der Waals surface area contributed by atoms with Crippen LogP contribution in [0.2, 0.25) is 0 Å². The number of benzene rings is 1. The fourth-order valence-corrected chi connectivity index (χ4v) is 5.10. The highest BCUT2D eigenvalue weighted by atomic mass is 16.2. The number of hydrogen-bond donors (Lipinski definition) is 0. The van der Waals surface area contributed by atoms with Gasteiger partial charge in [0.1, 0.15) is 0 Å². The van der Waals surface area contributed by atoms with Crippen molar-refractivity contribution in [3.8, 4) is 0 Å². The largest absolute Gasteiger partial charge is 0.341 e. The second kappa shape index (κ2) is 9.08. The van der Waals surface area contributed by atoms with Crippen molar-refractivity contribution >= 4 is 11.8 Å². The summed E-state index contributed by atoms with van der Waals surface area (Å²) in [7, 11) is 0. The molecule has 0 bridgehead atoms. The van der Waals surface area contributed by atoms with Crippen LogP contribution < -0.4 is 0 Å². The lowest BCUT2D eigenvalue weighted by atomic mass is 9.88. The van der Waals surface area contributed by atoms with E-state index in [0.29, 0.717) is 12.5 Å².